The molecule has 0 aliphatic rings. The zero-order chi connectivity index (χ0) is 13.1. The van der Waals surface area contributed by atoms with Crippen LogP contribution in [0.25, 0.3) is 0 Å². The van der Waals surface area contributed by atoms with Gasteiger partial charge in [0.1, 0.15) is 0 Å². The minimum Gasteiger partial charge on any atom is -0.278 e. The van der Waals surface area contributed by atoms with Gasteiger partial charge in [0.2, 0.25) is 6.41 Å². The SMILES string of the molecule is C=CN(C=O)C(=O)c1ccccc1C(F)(F)F. The Morgan fingerprint density at radius 1 is 1.29 bits per heavy atom. The van der Waals surface area contributed by atoms with Gasteiger partial charge in [-0.1, -0.05) is 18.7 Å². The second-order valence-electron chi connectivity index (χ2n) is 3.04. The molecule has 0 bridgehead atoms. The summed E-state index contributed by atoms with van der Waals surface area (Å²) in [6, 6.07) is 4.23. The number of alkyl halides is 3. The van der Waals surface area contributed by atoms with E-state index in [1.54, 1.807) is 0 Å². The second-order valence-corrected chi connectivity index (χ2v) is 3.04. The van der Waals surface area contributed by atoms with Crippen LogP contribution in [0.15, 0.2) is 37.0 Å². The fourth-order valence-corrected chi connectivity index (χ4v) is 1.23. The first-order valence-corrected chi connectivity index (χ1v) is 4.48. The highest BCUT2D eigenvalue weighted by atomic mass is 19.4. The lowest BCUT2D eigenvalue weighted by atomic mass is 10.1. The molecule has 0 unspecified atom stereocenters. The third kappa shape index (κ3) is 2.72. The van der Waals surface area contributed by atoms with Gasteiger partial charge in [-0.15, -0.1) is 0 Å². The van der Waals surface area contributed by atoms with E-state index in [9.17, 15) is 22.8 Å². The van der Waals surface area contributed by atoms with Crippen molar-refractivity contribution >= 4 is 12.3 Å². The van der Waals surface area contributed by atoms with Crippen molar-refractivity contribution < 1.29 is 22.8 Å². The molecular formula is C11H8F3NO2. The topological polar surface area (TPSA) is 37.4 Å². The molecule has 0 saturated heterocycles. The Kier molecular flexibility index (Phi) is 3.67. The van der Waals surface area contributed by atoms with Crippen molar-refractivity contribution in [1.29, 1.82) is 0 Å². The Morgan fingerprint density at radius 2 is 1.88 bits per heavy atom. The second kappa shape index (κ2) is 4.82. The number of rotatable bonds is 3. The summed E-state index contributed by atoms with van der Waals surface area (Å²) in [7, 11) is 0. The Labute approximate surface area is 95.1 Å². The van der Waals surface area contributed by atoms with Crippen LogP contribution in [0.4, 0.5) is 13.2 Å². The number of carbonyl (C=O) groups is 2. The molecule has 0 aliphatic carbocycles. The molecule has 0 saturated carbocycles. The van der Waals surface area contributed by atoms with E-state index in [1.165, 1.54) is 12.1 Å². The molecule has 0 radical (unpaired) electrons. The standard InChI is InChI=1S/C11H8F3NO2/c1-2-15(7-16)10(17)8-5-3-4-6-9(8)11(12,13)14/h2-7H,1H2. The van der Waals surface area contributed by atoms with Gasteiger partial charge in [-0.3, -0.25) is 14.5 Å². The van der Waals surface area contributed by atoms with E-state index in [2.05, 4.69) is 6.58 Å². The molecule has 0 aliphatic heterocycles. The smallest absolute Gasteiger partial charge is 0.278 e. The lowest BCUT2D eigenvalue weighted by Gasteiger charge is -2.15. The number of halogens is 3. The predicted octanol–water partition coefficient (Wildman–Crippen LogP) is 2.45. The minimum absolute atomic E-state index is 0.0997. The van der Waals surface area contributed by atoms with Crippen molar-refractivity contribution in [3.8, 4) is 0 Å². The van der Waals surface area contributed by atoms with Crippen LogP contribution >= 0.6 is 0 Å². The molecule has 1 aromatic carbocycles. The van der Waals surface area contributed by atoms with Crippen LogP contribution in [0.1, 0.15) is 15.9 Å². The van der Waals surface area contributed by atoms with E-state index in [4.69, 9.17) is 0 Å². The van der Waals surface area contributed by atoms with Gasteiger partial charge >= 0.3 is 6.18 Å². The van der Waals surface area contributed by atoms with Crippen LogP contribution < -0.4 is 0 Å². The Morgan fingerprint density at radius 3 is 2.35 bits per heavy atom. The van der Waals surface area contributed by atoms with Gasteiger partial charge in [0.15, 0.2) is 0 Å². The average Bonchev–Trinajstić information content (AvgIpc) is 2.29. The summed E-state index contributed by atoms with van der Waals surface area (Å²) in [4.78, 5) is 22.5. The van der Waals surface area contributed by atoms with Crippen molar-refractivity contribution in [2.75, 3.05) is 0 Å². The summed E-state index contributed by atoms with van der Waals surface area (Å²) in [5.41, 5.74) is -1.68. The van der Waals surface area contributed by atoms with Gasteiger partial charge in [0.05, 0.1) is 11.1 Å². The molecule has 0 atom stereocenters. The van der Waals surface area contributed by atoms with Crippen LogP contribution in [0, 0.1) is 0 Å². The molecule has 1 rings (SSSR count). The van der Waals surface area contributed by atoms with Crippen molar-refractivity contribution in [2.45, 2.75) is 6.18 Å². The van der Waals surface area contributed by atoms with E-state index in [-0.39, 0.29) is 6.41 Å². The fraction of sp³-hybridized carbons (Fsp3) is 0.0909. The van der Waals surface area contributed by atoms with Gasteiger partial charge < -0.3 is 0 Å². The Balaban J connectivity index is 3.27. The molecule has 0 N–H and O–H groups in total. The zero-order valence-electron chi connectivity index (χ0n) is 8.57. The Bertz CT molecular complexity index is 446. The minimum atomic E-state index is -4.65. The number of nitrogens with zero attached hydrogens (tertiary/aromatic N) is 1. The van der Waals surface area contributed by atoms with Crippen LogP contribution in [0.5, 0.6) is 0 Å². The van der Waals surface area contributed by atoms with Crippen LogP contribution in [-0.2, 0) is 11.0 Å². The highest BCUT2D eigenvalue weighted by Crippen LogP contribution is 2.32. The number of carbonyl (C=O) groups excluding carboxylic acids is 2. The summed E-state index contributed by atoms with van der Waals surface area (Å²) < 4.78 is 37.8. The quantitative estimate of drug-likeness (QED) is 0.764. The first kappa shape index (κ1) is 13.0. The molecule has 0 aromatic heterocycles. The van der Waals surface area contributed by atoms with Crippen molar-refractivity contribution in [2.24, 2.45) is 0 Å². The molecule has 0 fully saturated rings. The van der Waals surface area contributed by atoms with Crippen molar-refractivity contribution in [3.63, 3.8) is 0 Å². The summed E-state index contributed by atoms with van der Waals surface area (Å²) in [5, 5.41) is 0. The first-order valence-electron chi connectivity index (χ1n) is 4.48. The van der Waals surface area contributed by atoms with Crippen molar-refractivity contribution in [3.05, 3.63) is 48.2 Å². The summed E-state index contributed by atoms with van der Waals surface area (Å²) in [6.07, 6.45) is -3.70. The molecule has 17 heavy (non-hydrogen) atoms. The molecule has 3 nitrogen and oxygen atoms in total. The number of hydrogen-bond acceptors (Lipinski definition) is 2. The molecule has 6 heteroatoms. The molecule has 0 heterocycles. The fourth-order valence-electron chi connectivity index (χ4n) is 1.23. The van der Waals surface area contributed by atoms with Crippen LogP contribution in [-0.4, -0.2) is 17.2 Å². The molecule has 0 spiro atoms. The summed E-state index contributed by atoms with van der Waals surface area (Å²) >= 11 is 0. The number of benzene rings is 1. The summed E-state index contributed by atoms with van der Waals surface area (Å²) in [5.74, 6) is -1.07. The maximum Gasteiger partial charge on any atom is 0.417 e. The first-order chi connectivity index (χ1) is 7.91. The monoisotopic (exact) mass is 243 g/mol. The summed E-state index contributed by atoms with van der Waals surface area (Å²) in [6.45, 7) is 3.16. The lowest BCUT2D eigenvalue weighted by molar-refractivity contribution is -0.138. The highest BCUT2D eigenvalue weighted by Gasteiger charge is 2.35. The third-order valence-corrected chi connectivity index (χ3v) is 2.01. The van der Waals surface area contributed by atoms with E-state index in [0.29, 0.717) is 4.90 Å². The molecule has 90 valence electrons. The molecule has 2 amide bonds. The lowest BCUT2D eigenvalue weighted by Crippen LogP contribution is -2.26. The van der Waals surface area contributed by atoms with E-state index < -0.39 is 23.2 Å². The number of hydrogen-bond donors (Lipinski definition) is 0. The maximum atomic E-state index is 12.6. The third-order valence-electron chi connectivity index (χ3n) is 2.01. The average molecular weight is 243 g/mol. The van der Waals surface area contributed by atoms with E-state index in [0.717, 1.165) is 18.3 Å². The normalized spacial score (nSPS) is 10.8. The van der Waals surface area contributed by atoms with Gasteiger partial charge in [-0.2, -0.15) is 13.2 Å². The van der Waals surface area contributed by atoms with E-state index >= 15 is 0 Å². The van der Waals surface area contributed by atoms with Crippen LogP contribution in [0.2, 0.25) is 0 Å². The van der Waals surface area contributed by atoms with Crippen LogP contribution in [0.3, 0.4) is 0 Å². The predicted molar refractivity (Wildman–Crippen MR) is 53.9 cm³/mol. The van der Waals surface area contributed by atoms with E-state index in [1.807, 2.05) is 0 Å². The maximum absolute atomic E-state index is 12.6. The number of amides is 2. The zero-order valence-corrected chi connectivity index (χ0v) is 8.57. The highest BCUT2D eigenvalue weighted by molar-refractivity contribution is 6.01. The van der Waals surface area contributed by atoms with Gasteiger partial charge in [-0.25, -0.2) is 0 Å². The molecule has 1 aromatic rings. The van der Waals surface area contributed by atoms with Gasteiger partial charge in [0, 0.05) is 6.20 Å². The Hall–Kier alpha value is -2.11. The van der Waals surface area contributed by atoms with Gasteiger partial charge in [0.25, 0.3) is 5.91 Å². The van der Waals surface area contributed by atoms with Gasteiger partial charge in [-0.05, 0) is 12.1 Å². The largest absolute Gasteiger partial charge is 0.417 e. The molecular weight excluding hydrogens is 235 g/mol. The van der Waals surface area contributed by atoms with Crippen molar-refractivity contribution in [1.82, 2.24) is 4.90 Å². The number of imide groups is 1.